The van der Waals surface area contributed by atoms with E-state index >= 15 is 0 Å². The first kappa shape index (κ1) is 23.3. The summed E-state index contributed by atoms with van der Waals surface area (Å²) in [5.41, 5.74) is 6.48. The lowest BCUT2D eigenvalue weighted by atomic mass is 9.81. The Balaban J connectivity index is 1.65. The molecule has 9 nitrogen and oxygen atoms in total. The number of ether oxygens (including phenoxy) is 2. The van der Waals surface area contributed by atoms with E-state index in [0.717, 1.165) is 0 Å². The van der Waals surface area contributed by atoms with Gasteiger partial charge < -0.3 is 25.2 Å². The average molecular weight is 471 g/mol. The van der Waals surface area contributed by atoms with E-state index in [1.807, 2.05) is 0 Å². The molecule has 1 amide bonds. The van der Waals surface area contributed by atoms with E-state index in [0.29, 0.717) is 29.8 Å². The molecule has 2 aromatic heterocycles. The molecular weight excluding hydrogens is 443 g/mol. The van der Waals surface area contributed by atoms with Gasteiger partial charge in [0.25, 0.3) is 0 Å². The number of hydrogen-bond donors (Lipinski definition) is 2. The van der Waals surface area contributed by atoms with E-state index in [4.69, 9.17) is 15.2 Å². The number of fused-ring (bicyclic) bond motifs is 1. The lowest BCUT2D eigenvalue weighted by Crippen LogP contribution is -2.47. The second kappa shape index (κ2) is 8.85. The molecular formula is C24H27FN4O5. The third-order valence-electron chi connectivity index (χ3n) is 5.68. The van der Waals surface area contributed by atoms with Gasteiger partial charge in [-0.05, 0) is 57.0 Å². The summed E-state index contributed by atoms with van der Waals surface area (Å²) in [7, 11) is 0. The van der Waals surface area contributed by atoms with Crippen LogP contribution in [0.2, 0.25) is 0 Å². The van der Waals surface area contributed by atoms with Gasteiger partial charge in [0.2, 0.25) is 0 Å². The number of nitrogen functional groups attached to an aromatic ring is 1. The molecule has 1 saturated heterocycles. The summed E-state index contributed by atoms with van der Waals surface area (Å²) < 4.78 is 27.2. The normalized spacial score (nSPS) is 18.6. The summed E-state index contributed by atoms with van der Waals surface area (Å²) in [6.45, 7) is 5.63. The Morgan fingerprint density at radius 1 is 1.21 bits per heavy atom. The largest absolute Gasteiger partial charge is 0.481 e. The molecule has 1 aromatic carbocycles. The summed E-state index contributed by atoms with van der Waals surface area (Å²) >= 11 is 0. The van der Waals surface area contributed by atoms with Crippen LogP contribution in [0.25, 0.3) is 5.52 Å². The zero-order valence-electron chi connectivity index (χ0n) is 19.2. The van der Waals surface area contributed by atoms with E-state index in [9.17, 15) is 19.1 Å². The van der Waals surface area contributed by atoms with Crippen molar-refractivity contribution in [3.05, 3.63) is 54.1 Å². The number of carbonyl (C=O) groups is 2. The number of piperidine rings is 1. The SMILES string of the molecule is CC(C)(C)OC(=O)N1CCC(c2cc(Oc3ccc(N)cc3F)c3ccnn3c2)C(C(=O)O)C1. The van der Waals surface area contributed by atoms with Crippen LogP contribution in [0.1, 0.15) is 38.7 Å². The highest BCUT2D eigenvalue weighted by Gasteiger charge is 2.38. The topological polar surface area (TPSA) is 119 Å². The quantitative estimate of drug-likeness (QED) is 0.547. The minimum atomic E-state index is -1.02. The second-order valence-corrected chi connectivity index (χ2v) is 9.36. The first-order valence-electron chi connectivity index (χ1n) is 10.9. The Morgan fingerprint density at radius 3 is 2.65 bits per heavy atom. The number of rotatable bonds is 4. The molecule has 1 aliphatic heterocycles. The number of aromatic nitrogens is 2. The summed E-state index contributed by atoms with van der Waals surface area (Å²) in [6.07, 6.45) is 3.18. The molecule has 0 bridgehead atoms. The zero-order chi connectivity index (χ0) is 24.6. The van der Waals surface area contributed by atoms with Gasteiger partial charge in [-0.25, -0.2) is 13.7 Å². The summed E-state index contributed by atoms with van der Waals surface area (Å²) in [4.78, 5) is 26.1. The number of pyridine rings is 1. The van der Waals surface area contributed by atoms with E-state index in [1.165, 1.54) is 23.1 Å². The molecule has 0 saturated carbocycles. The number of aliphatic carboxylic acids is 1. The molecule has 1 aliphatic rings. The minimum Gasteiger partial charge on any atom is -0.481 e. The highest BCUT2D eigenvalue weighted by atomic mass is 19.1. The van der Waals surface area contributed by atoms with Crippen molar-refractivity contribution >= 4 is 23.3 Å². The van der Waals surface area contributed by atoms with Crippen molar-refractivity contribution in [2.45, 2.75) is 38.7 Å². The van der Waals surface area contributed by atoms with Gasteiger partial charge in [0, 0.05) is 37.0 Å². The molecule has 0 radical (unpaired) electrons. The maximum Gasteiger partial charge on any atom is 0.410 e. The molecule has 3 aromatic rings. The molecule has 3 heterocycles. The van der Waals surface area contributed by atoms with Crippen molar-refractivity contribution in [3.8, 4) is 11.5 Å². The number of carbonyl (C=O) groups excluding carboxylic acids is 1. The van der Waals surface area contributed by atoms with Crippen LogP contribution in [0.3, 0.4) is 0 Å². The molecule has 4 rings (SSSR count). The summed E-state index contributed by atoms with van der Waals surface area (Å²) in [5, 5.41) is 14.2. The van der Waals surface area contributed by atoms with E-state index in [2.05, 4.69) is 5.10 Å². The molecule has 10 heteroatoms. The number of likely N-dealkylation sites (tertiary alicyclic amines) is 1. The smallest absolute Gasteiger partial charge is 0.410 e. The minimum absolute atomic E-state index is 0.00877. The molecule has 2 atom stereocenters. The van der Waals surface area contributed by atoms with Crippen LogP contribution in [-0.4, -0.2) is 50.4 Å². The monoisotopic (exact) mass is 470 g/mol. The fraction of sp³-hybridized carbons (Fsp3) is 0.375. The highest BCUT2D eigenvalue weighted by molar-refractivity contribution is 5.75. The molecule has 0 aliphatic carbocycles. The number of amides is 1. The molecule has 3 N–H and O–H groups in total. The maximum absolute atomic E-state index is 14.4. The summed E-state index contributed by atoms with van der Waals surface area (Å²) in [6, 6.07) is 7.55. The fourth-order valence-electron chi connectivity index (χ4n) is 4.11. The Morgan fingerprint density at radius 2 is 1.97 bits per heavy atom. The summed E-state index contributed by atoms with van der Waals surface area (Å²) in [5.74, 6) is -2.59. The van der Waals surface area contributed by atoms with Gasteiger partial charge >= 0.3 is 12.1 Å². The van der Waals surface area contributed by atoms with Gasteiger partial charge in [-0.1, -0.05) is 0 Å². The van der Waals surface area contributed by atoms with Gasteiger partial charge in [0.1, 0.15) is 11.1 Å². The number of hydrogen-bond acceptors (Lipinski definition) is 6. The number of carboxylic acid groups (broad SMARTS) is 1. The Kier molecular flexibility index (Phi) is 6.07. The number of halogens is 1. The van der Waals surface area contributed by atoms with Gasteiger partial charge in [-0.2, -0.15) is 5.10 Å². The zero-order valence-corrected chi connectivity index (χ0v) is 19.2. The number of benzene rings is 1. The highest BCUT2D eigenvalue weighted by Crippen LogP contribution is 2.38. The van der Waals surface area contributed by atoms with Crippen LogP contribution in [0, 0.1) is 11.7 Å². The first-order chi connectivity index (χ1) is 16.0. The van der Waals surface area contributed by atoms with Crippen LogP contribution >= 0.6 is 0 Å². The Labute approximate surface area is 195 Å². The van der Waals surface area contributed by atoms with E-state index in [-0.39, 0.29) is 18.0 Å². The van der Waals surface area contributed by atoms with Gasteiger partial charge in [0.05, 0.1) is 12.1 Å². The van der Waals surface area contributed by atoms with Crippen molar-refractivity contribution in [2.24, 2.45) is 5.92 Å². The second-order valence-electron chi connectivity index (χ2n) is 9.36. The van der Waals surface area contributed by atoms with Crippen LogP contribution < -0.4 is 10.5 Å². The average Bonchev–Trinajstić information content (AvgIpc) is 3.23. The van der Waals surface area contributed by atoms with Gasteiger partial charge in [-0.15, -0.1) is 0 Å². The lowest BCUT2D eigenvalue weighted by Gasteiger charge is -2.37. The standard InChI is InChI=1S/C24H27FN4O5/c1-24(2,3)34-23(32)28-9-7-16(17(13-28)22(30)31)14-10-21(19-6-8-27-29(19)12-14)33-20-5-4-15(26)11-18(20)25/h4-6,8,10-12,16-17H,7,9,13,26H2,1-3H3,(H,30,31). The van der Waals surface area contributed by atoms with Crippen molar-refractivity contribution < 1.29 is 28.6 Å². The van der Waals surface area contributed by atoms with E-state index in [1.54, 1.807) is 49.8 Å². The Hall–Kier alpha value is -3.82. The molecule has 34 heavy (non-hydrogen) atoms. The van der Waals surface area contributed by atoms with Crippen LogP contribution in [0.5, 0.6) is 11.5 Å². The van der Waals surface area contributed by atoms with Gasteiger partial charge in [-0.3, -0.25) is 4.79 Å². The molecule has 1 fully saturated rings. The van der Waals surface area contributed by atoms with Crippen molar-refractivity contribution in [3.63, 3.8) is 0 Å². The first-order valence-corrected chi connectivity index (χ1v) is 10.9. The van der Waals surface area contributed by atoms with Crippen LogP contribution in [0.4, 0.5) is 14.9 Å². The maximum atomic E-state index is 14.4. The van der Waals surface area contributed by atoms with E-state index < -0.39 is 35.3 Å². The van der Waals surface area contributed by atoms with Crippen molar-refractivity contribution in [2.75, 3.05) is 18.8 Å². The number of anilines is 1. The Bertz CT molecular complexity index is 1240. The van der Waals surface area contributed by atoms with Crippen molar-refractivity contribution in [1.29, 1.82) is 0 Å². The third-order valence-corrected chi connectivity index (χ3v) is 5.68. The fourth-order valence-corrected chi connectivity index (χ4v) is 4.11. The number of nitrogens with two attached hydrogens (primary N) is 1. The third kappa shape index (κ3) is 4.90. The molecule has 180 valence electrons. The van der Waals surface area contributed by atoms with Crippen molar-refractivity contribution in [1.82, 2.24) is 14.5 Å². The molecule has 2 unspecified atom stereocenters. The molecule has 0 spiro atoms. The predicted molar refractivity (Wildman–Crippen MR) is 122 cm³/mol. The van der Waals surface area contributed by atoms with Gasteiger partial charge in [0.15, 0.2) is 17.3 Å². The number of nitrogens with zero attached hydrogens (tertiary/aromatic N) is 3. The predicted octanol–water partition coefficient (Wildman–Crippen LogP) is 4.27. The van der Waals surface area contributed by atoms with Crippen LogP contribution in [0.15, 0.2) is 42.7 Å². The van der Waals surface area contributed by atoms with Crippen LogP contribution in [-0.2, 0) is 9.53 Å². The number of carboxylic acids is 1. The lowest BCUT2D eigenvalue weighted by molar-refractivity contribution is -0.144.